The molecule has 0 heterocycles. The van der Waals surface area contributed by atoms with E-state index in [1.54, 1.807) is 14.2 Å². The topological polar surface area (TPSA) is 54.9 Å². The van der Waals surface area contributed by atoms with Crippen LogP contribution in [0.15, 0.2) is 53.5 Å². The molecule has 25 heavy (non-hydrogen) atoms. The Hall–Kier alpha value is -2.40. The van der Waals surface area contributed by atoms with Gasteiger partial charge in [0.05, 0.1) is 13.7 Å². The molecule has 0 amide bonds. The fraction of sp³-hybridized carbons (Fsp3) is 0.316. The molecule has 0 bridgehead atoms. The fourth-order valence-corrected chi connectivity index (χ4v) is 2.46. The molecule has 0 saturated carbocycles. The van der Waals surface area contributed by atoms with Gasteiger partial charge >= 0.3 is 0 Å². The molecule has 0 aliphatic heterocycles. The highest BCUT2D eigenvalue weighted by molar-refractivity contribution is 6.31. The second kappa shape index (κ2) is 9.79. The number of methoxy groups -OCH3 is 1. The van der Waals surface area contributed by atoms with Crippen LogP contribution in [0, 0.1) is 0 Å². The van der Waals surface area contributed by atoms with E-state index >= 15 is 0 Å². The second-order valence-corrected chi connectivity index (χ2v) is 5.88. The molecule has 5 nitrogen and oxygen atoms in total. The summed E-state index contributed by atoms with van der Waals surface area (Å²) in [5.74, 6) is 2.13. The molecule has 2 aromatic rings. The van der Waals surface area contributed by atoms with Gasteiger partial charge in [-0.1, -0.05) is 41.9 Å². The maximum Gasteiger partial charge on any atom is 0.191 e. The average molecular weight is 362 g/mol. The van der Waals surface area contributed by atoms with Gasteiger partial charge < -0.3 is 20.1 Å². The lowest BCUT2D eigenvalue weighted by Crippen LogP contribution is -2.41. The Labute approximate surface area is 154 Å². The van der Waals surface area contributed by atoms with Gasteiger partial charge in [-0.2, -0.15) is 0 Å². The van der Waals surface area contributed by atoms with Crippen LogP contribution in [0.3, 0.4) is 0 Å². The van der Waals surface area contributed by atoms with Gasteiger partial charge in [0.15, 0.2) is 17.5 Å². The summed E-state index contributed by atoms with van der Waals surface area (Å²) < 4.78 is 11.2. The third-order valence-corrected chi connectivity index (χ3v) is 3.95. The molecule has 0 saturated heterocycles. The van der Waals surface area contributed by atoms with E-state index in [-0.39, 0.29) is 6.10 Å². The van der Waals surface area contributed by atoms with E-state index in [1.165, 1.54) is 0 Å². The van der Waals surface area contributed by atoms with Gasteiger partial charge in [0, 0.05) is 18.6 Å². The van der Waals surface area contributed by atoms with Crippen LogP contribution in [-0.2, 0) is 6.54 Å². The summed E-state index contributed by atoms with van der Waals surface area (Å²) >= 11 is 6.17. The van der Waals surface area contributed by atoms with E-state index in [9.17, 15) is 0 Å². The first-order valence-corrected chi connectivity index (χ1v) is 8.49. The zero-order valence-corrected chi connectivity index (χ0v) is 15.5. The van der Waals surface area contributed by atoms with Crippen molar-refractivity contribution in [3.8, 4) is 11.5 Å². The van der Waals surface area contributed by atoms with E-state index in [1.807, 2.05) is 55.5 Å². The predicted molar refractivity (Wildman–Crippen MR) is 103 cm³/mol. The highest BCUT2D eigenvalue weighted by Crippen LogP contribution is 2.26. The molecule has 2 aromatic carbocycles. The van der Waals surface area contributed by atoms with Crippen LogP contribution >= 0.6 is 11.6 Å². The minimum Gasteiger partial charge on any atom is -0.493 e. The number of hydrogen-bond donors (Lipinski definition) is 2. The van der Waals surface area contributed by atoms with Gasteiger partial charge in [0.25, 0.3) is 0 Å². The first-order chi connectivity index (χ1) is 12.1. The van der Waals surface area contributed by atoms with E-state index < -0.39 is 0 Å². The lowest BCUT2D eigenvalue weighted by Gasteiger charge is -2.19. The normalized spacial score (nSPS) is 12.4. The highest BCUT2D eigenvalue weighted by atomic mass is 35.5. The summed E-state index contributed by atoms with van der Waals surface area (Å²) in [5, 5.41) is 7.22. The van der Waals surface area contributed by atoms with Crippen molar-refractivity contribution in [1.82, 2.24) is 10.6 Å². The number of rotatable bonds is 7. The fourth-order valence-electron chi connectivity index (χ4n) is 2.26. The third-order valence-electron chi connectivity index (χ3n) is 3.58. The lowest BCUT2D eigenvalue weighted by atomic mass is 10.2. The second-order valence-electron chi connectivity index (χ2n) is 5.48. The Balaban J connectivity index is 1.83. The van der Waals surface area contributed by atoms with Crippen molar-refractivity contribution in [3.05, 3.63) is 59.1 Å². The van der Waals surface area contributed by atoms with E-state index in [4.69, 9.17) is 21.1 Å². The van der Waals surface area contributed by atoms with Crippen molar-refractivity contribution in [2.24, 2.45) is 4.99 Å². The van der Waals surface area contributed by atoms with Crippen molar-refractivity contribution in [1.29, 1.82) is 0 Å². The Kier molecular flexibility index (Phi) is 7.41. The summed E-state index contributed by atoms with van der Waals surface area (Å²) in [5.41, 5.74) is 1.02. The zero-order valence-electron chi connectivity index (χ0n) is 14.8. The third kappa shape index (κ3) is 5.87. The molecule has 134 valence electrons. The minimum atomic E-state index is -0.0600. The Morgan fingerprint density at radius 2 is 1.76 bits per heavy atom. The minimum absolute atomic E-state index is 0.0600. The molecule has 0 aliphatic rings. The zero-order chi connectivity index (χ0) is 18.1. The number of hydrogen-bond acceptors (Lipinski definition) is 3. The molecule has 0 aliphatic carbocycles. The monoisotopic (exact) mass is 361 g/mol. The molecule has 0 radical (unpaired) electrons. The Morgan fingerprint density at radius 1 is 1.08 bits per heavy atom. The van der Waals surface area contributed by atoms with Gasteiger partial charge in [0.2, 0.25) is 0 Å². The largest absolute Gasteiger partial charge is 0.493 e. The predicted octanol–water partition coefficient (Wildman–Crippen LogP) is 3.48. The van der Waals surface area contributed by atoms with Crippen molar-refractivity contribution in [2.75, 3.05) is 20.7 Å². The smallest absolute Gasteiger partial charge is 0.191 e. The number of nitrogens with zero attached hydrogens (tertiary/aromatic N) is 1. The highest BCUT2D eigenvalue weighted by Gasteiger charge is 2.09. The summed E-state index contributed by atoms with van der Waals surface area (Å²) in [6.07, 6.45) is -0.0600. The first kappa shape index (κ1) is 18.9. The molecule has 0 aromatic heterocycles. The van der Waals surface area contributed by atoms with Gasteiger partial charge in [-0.15, -0.1) is 0 Å². The molecule has 6 heteroatoms. The van der Waals surface area contributed by atoms with E-state index in [0.717, 1.165) is 22.1 Å². The number of ether oxygens (including phenoxy) is 2. The number of para-hydroxylation sites is 2. The number of guanidine groups is 1. The maximum absolute atomic E-state index is 6.17. The average Bonchev–Trinajstić information content (AvgIpc) is 2.63. The van der Waals surface area contributed by atoms with Crippen molar-refractivity contribution < 1.29 is 9.47 Å². The summed E-state index contributed by atoms with van der Waals surface area (Å²) in [4.78, 5) is 4.22. The number of halogens is 1. The molecular formula is C19H24ClN3O2. The summed E-state index contributed by atoms with van der Waals surface area (Å²) in [7, 11) is 3.36. The van der Waals surface area contributed by atoms with Crippen LogP contribution in [0.1, 0.15) is 12.5 Å². The molecule has 1 unspecified atom stereocenters. The quantitative estimate of drug-likeness (QED) is 0.585. The SMILES string of the molecule is CN=C(NCc1ccccc1Cl)NCC(C)Oc1ccccc1OC. The van der Waals surface area contributed by atoms with Crippen LogP contribution in [0.2, 0.25) is 5.02 Å². The molecule has 0 fully saturated rings. The first-order valence-electron chi connectivity index (χ1n) is 8.11. The number of nitrogens with one attached hydrogen (secondary N) is 2. The Bertz CT molecular complexity index is 707. The van der Waals surface area contributed by atoms with Gasteiger partial charge in [0.1, 0.15) is 6.10 Å². The van der Waals surface area contributed by atoms with Crippen molar-refractivity contribution in [2.45, 2.75) is 19.6 Å². The van der Waals surface area contributed by atoms with Crippen molar-refractivity contribution >= 4 is 17.6 Å². The van der Waals surface area contributed by atoms with Crippen LogP contribution in [0.4, 0.5) is 0 Å². The maximum atomic E-state index is 6.17. The van der Waals surface area contributed by atoms with Crippen LogP contribution in [-0.4, -0.2) is 32.8 Å². The Morgan fingerprint density at radius 3 is 2.44 bits per heavy atom. The molecule has 2 rings (SSSR count). The summed E-state index contributed by atoms with van der Waals surface area (Å²) in [6, 6.07) is 15.3. The molecule has 2 N–H and O–H groups in total. The van der Waals surface area contributed by atoms with Crippen LogP contribution in [0.25, 0.3) is 0 Å². The molecule has 0 spiro atoms. The van der Waals surface area contributed by atoms with Gasteiger partial charge in [-0.3, -0.25) is 4.99 Å². The molecular weight excluding hydrogens is 338 g/mol. The van der Waals surface area contributed by atoms with Gasteiger partial charge in [-0.25, -0.2) is 0 Å². The van der Waals surface area contributed by atoms with Crippen LogP contribution < -0.4 is 20.1 Å². The van der Waals surface area contributed by atoms with E-state index in [2.05, 4.69) is 15.6 Å². The lowest BCUT2D eigenvalue weighted by molar-refractivity contribution is 0.213. The molecule has 1 atom stereocenters. The summed E-state index contributed by atoms with van der Waals surface area (Å²) in [6.45, 7) is 3.18. The van der Waals surface area contributed by atoms with Crippen LogP contribution in [0.5, 0.6) is 11.5 Å². The standard InChI is InChI=1S/C19H24ClN3O2/c1-14(25-18-11-7-6-10-17(18)24-3)12-22-19(21-2)23-13-15-8-4-5-9-16(15)20/h4-11,14H,12-13H2,1-3H3,(H2,21,22,23). The van der Waals surface area contributed by atoms with Crippen molar-refractivity contribution in [3.63, 3.8) is 0 Å². The number of aliphatic imine (C=N–C) groups is 1. The number of benzene rings is 2. The van der Waals surface area contributed by atoms with E-state index in [0.29, 0.717) is 19.0 Å². The van der Waals surface area contributed by atoms with Gasteiger partial charge in [-0.05, 0) is 30.7 Å².